The van der Waals surface area contributed by atoms with Crippen molar-refractivity contribution in [3.8, 4) is 5.75 Å². The summed E-state index contributed by atoms with van der Waals surface area (Å²) in [6.45, 7) is 2.12. The van der Waals surface area contributed by atoms with Gasteiger partial charge in [-0.3, -0.25) is 0 Å². The Morgan fingerprint density at radius 1 is 1.10 bits per heavy atom. The molecule has 3 nitrogen and oxygen atoms in total. The second kappa shape index (κ2) is 6.72. The van der Waals surface area contributed by atoms with Crippen LogP contribution in [0.3, 0.4) is 0 Å². The number of halogens is 1. The van der Waals surface area contributed by atoms with E-state index in [0.29, 0.717) is 5.02 Å². The third-order valence-corrected chi connectivity index (χ3v) is 3.68. The van der Waals surface area contributed by atoms with E-state index < -0.39 is 0 Å². The van der Waals surface area contributed by atoms with Gasteiger partial charge in [-0.15, -0.1) is 0 Å². The Bertz CT molecular complexity index is 596. The molecule has 21 heavy (non-hydrogen) atoms. The lowest BCUT2D eigenvalue weighted by Gasteiger charge is -2.19. The predicted molar refractivity (Wildman–Crippen MR) is 90.8 cm³/mol. The molecule has 2 aromatic carbocycles. The van der Waals surface area contributed by atoms with Gasteiger partial charge in [0.25, 0.3) is 0 Å². The zero-order valence-corrected chi connectivity index (χ0v) is 13.6. The predicted octanol–water partition coefficient (Wildman–Crippen LogP) is 4.59. The molecule has 0 spiro atoms. The molecule has 112 valence electrons. The van der Waals surface area contributed by atoms with Crippen molar-refractivity contribution in [2.75, 3.05) is 31.4 Å². The lowest BCUT2D eigenvalue weighted by atomic mass is 10.1. The summed E-state index contributed by atoms with van der Waals surface area (Å²) in [4.78, 5) is 2.09. The minimum absolute atomic E-state index is 0.161. The van der Waals surface area contributed by atoms with Crippen LogP contribution in [-0.4, -0.2) is 21.2 Å². The zero-order valence-electron chi connectivity index (χ0n) is 12.9. The Morgan fingerprint density at radius 3 is 2.33 bits per heavy atom. The molecule has 0 aliphatic carbocycles. The van der Waals surface area contributed by atoms with Crippen LogP contribution in [0.2, 0.25) is 5.02 Å². The number of rotatable bonds is 5. The molecule has 0 aromatic heterocycles. The minimum Gasteiger partial charge on any atom is -0.495 e. The second-order valence-electron chi connectivity index (χ2n) is 5.20. The quantitative estimate of drug-likeness (QED) is 0.874. The van der Waals surface area contributed by atoms with Crippen molar-refractivity contribution in [3.05, 3.63) is 53.1 Å². The third-order valence-electron chi connectivity index (χ3n) is 3.44. The molecule has 1 unspecified atom stereocenters. The average Bonchev–Trinajstić information content (AvgIpc) is 2.47. The van der Waals surface area contributed by atoms with Gasteiger partial charge >= 0.3 is 0 Å². The minimum atomic E-state index is 0.161. The lowest BCUT2D eigenvalue weighted by molar-refractivity contribution is 0.416. The molecule has 2 aromatic rings. The standard InChI is InChI=1S/C17H21ClN2O/c1-12(13-5-8-15(9-6-13)20(2)3)19-16-11-14(18)7-10-17(16)21-4/h5-12,19H,1-4H3. The molecular weight excluding hydrogens is 284 g/mol. The van der Waals surface area contributed by atoms with Gasteiger partial charge in [-0.2, -0.15) is 0 Å². The Morgan fingerprint density at radius 2 is 1.76 bits per heavy atom. The number of nitrogens with one attached hydrogen (secondary N) is 1. The van der Waals surface area contributed by atoms with Crippen LogP contribution in [0.15, 0.2) is 42.5 Å². The fraction of sp³-hybridized carbons (Fsp3) is 0.294. The Labute approximate surface area is 131 Å². The highest BCUT2D eigenvalue weighted by atomic mass is 35.5. The maximum atomic E-state index is 6.06. The summed E-state index contributed by atoms with van der Waals surface area (Å²) in [6.07, 6.45) is 0. The van der Waals surface area contributed by atoms with Crippen LogP contribution in [0.1, 0.15) is 18.5 Å². The number of anilines is 2. The molecule has 1 N–H and O–H groups in total. The van der Waals surface area contributed by atoms with Gasteiger partial charge in [0, 0.05) is 30.8 Å². The maximum Gasteiger partial charge on any atom is 0.142 e. The molecule has 0 fully saturated rings. The van der Waals surface area contributed by atoms with Crippen molar-refractivity contribution in [1.82, 2.24) is 0 Å². The summed E-state index contributed by atoms with van der Waals surface area (Å²) < 4.78 is 5.36. The van der Waals surface area contributed by atoms with Crippen LogP contribution in [0, 0.1) is 0 Å². The number of nitrogens with zero attached hydrogens (tertiary/aromatic N) is 1. The molecule has 0 aliphatic heterocycles. The number of ether oxygens (including phenoxy) is 1. The summed E-state index contributed by atoms with van der Waals surface area (Å²) >= 11 is 6.06. The van der Waals surface area contributed by atoms with E-state index in [1.807, 2.05) is 32.3 Å². The molecule has 0 bridgehead atoms. The molecule has 0 saturated heterocycles. The van der Waals surface area contributed by atoms with E-state index >= 15 is 0 Å². The van der Waals surface area contributed by atoms with E-state index in [1.54, 1.807) is 7.11 Å². The van der Waals surface area contributed by atoms with Gasteiger partial charge in [0.1, 0.15) is 5.75 Å². The second-order valence-corrected chi connectivity index (χ2v) is 5.63. The first kappa shape index (κ1) is 15.5. The number of benzene rings is 2. The summed E-state index contributed by atoms with van der Waals surface area (Å²) in [5.41, 5.74) is 3.29. The van der Waals surface area contributed by atoms with E-state index in [1.165, 1.54) is 11.3 Å². The van der Waals surface area contributed by atoms with Crippen molar-refractivity contribution in [3.63, 3.8) is 0 Å². The van der Waals surface area contributed by atoms with Gasteiger partial charge in [-0.05, 0) is 42.8 Å². The van der Waals surface area contributed by atoms with Crippen molar-refractivity contribution in [2.24, 2.45) is 0 Å². The summed E-state index contributed by atoms with van der Waals surface area (Å²) in [5, 5.41) is 4.13. The number of hydrogen-bond acceptors (Lipinski definition) is 3. The Balaban J connectivity index is 2.17. The van der Waals surface area contributed by atoms with Crippen LogP contribution in [-0.2, 0) is 0 Å². The largest absolute Gasteiger partial charge is 0.495 e. The summed E-state index contributed by atoms with van der Waals surface area (Å²) in [7, 11) is 5.73. The first-order valence-electron chi connectivity index (χ1n) is 6.88. The third kappa shape index (κ3) is 3.82. The molecular formula is C17H21ClN2O. The molecule has 0 saturated carbocycles. The highest BCUT2D eigenvalue weighted by Crippen LogP contribution is 2.31. The molecule has 1 atom stereocenters. The lowest BCUT2D eigenvalue weighted by Crippen LogP contribution is -2.10. The van der Waals surface area contributed by atoms with E-state index in [9.17, 15) is 0 Å². The van der Waals surface area contributed by atoms with E-state index in [-0.39, 0.29) is 6.04 Å². The number of methoxy groups -OCH3 is 1. The molecule has 0 heterocycles. The molecule has 4 heteroatoms. The van der Waals surface area contributed by atoms with Crippen molar-refractivity contribution in [2.45, 2.75) is 13.0 Å². The number of hydrogen-bond donors (Lipinski definition) is 1. The fourth-order valence-corrected chi connectivity index (χ4v) is 2.34. The van der Waals surface area contributed by atoms with Gasteiger partial charge < -0.3 is 15.0 Å². The van der Waals surface area contributed by atoms with Crippen molar-refractivity contribution in [1.29, 1.82) is 0 Å². The highest BCUT2D eigenvalue weighted by molar-refractivity contribution is 6.30. The van der Waals surface area contributed by atoms with Gasteiger partial charge in [0.15, 0.2) is 0 Å². The SMILES string of the molecule is COc1ccc(Cl)cc1NC(C)c1ccc(N(C)C)cc1. The fourth-order valence-electron chi connectivity index (χ4n) is 2.17. The van der Waals surface area contributed by atoms with Crippen LogP contribution in [0.5, 0.6) is 5.75 Å². The van der Waals surface area contributed by atoms with Crippen LogP contribution in [0.25, 0.3) is 0 Å². The normalized spacial score (nSPS) is 11.9. The van der Waals surface area contributed by atoms with Gasteiger partial charge in [-0.1, -0.05) is 23.7 Å². The molecule has 2 rings (SSSR count). The van der Waals surface area contributed by atoms with Gasteiger partial charge in [0.05, 0.1) is 12.8 Å². The Hall–Kier alpha value is -1.87. The van der Waals surface area contributed by atoms with Gasteiger partial charge in [-0.25, -0.2) is 0 Å². The first-order valence-corrected chi connectivity index (χ1v) is 7.26. The van der Waals surface area contributed by atoms with Crippen LogP contribution < -0.4 is 15.0 Å². The van der Waals surface area contributed by atoms with E-state index in [2.05, 4.69) is 41.4 Å². The summed E-state index contributed by atoms with van der Waals surface area (Å²) in [5.74, 6) is 0.788. The maximum absolute atomic E-state index is 6.06. The van der Waals surface area contributed by atoms with Crippen molar-refractivity contribution >= 4 is 23.0 Å². The monoisotopic (exact) mass is 304 g/mol. The van der Waals surface area contributed by atoms with Gasteiger partial charge in [0.2, 0.25) is 0 Å². The molecule has 0 amide bonds. The van der Waals surface area contributed by atoms with Crippen molar-refractivity contribution < 1.29 is 4.74 Å². The van der Waals surface area contributed by atoms with Crippen LogP contribution >= 0.6 is 11.6 Å². The Kier molecular flexibility index (Phi) is 4.97. The first-order chi connectivity index (χ1) is 10.0. The topological polar surface area (TPSA) is 24.5 Å². The highest BCUT2D eigenvalue weighted by Gasteiger charge is 2.10. The average molecular weight is 305 g/mol. The summed E-state index contributed by atoms with van der Waals surface area (Å²) in [6, 6.07) is 14.2. The zero-order chi connectivity index (χ0) is 15.4. The van der Waals surface area contributed by atoms with E-state index in [4.69, 9.17) is 16.3 Å². The van der Waals surface area contributed by atoms with E-state index in [0.717, 1.165) is 11.4 Å². The molecule has 0 aliphatic rings. The smallest absolute Gasteiger partial charge is 0.142 e. The van der Waals surface area contributed by atoms with Crippen LogP contribution in [0.4, 0.5) is 11.4 Å². The molecule has 0 radical (unpaired) electrons.